The Morgan fingerprint density at radius 2 is 1.41 bits per heavy atom. The van der Waals surface area contributed by atoms with E-state index in [2.05, 4.69) is 67.1 Å². The summed E-state index contributed by atoms with van der Waals surface area (Å²) < 4.78 is 0. The van der Waals surface area contributed by atoms with E-state index in [0.29, 0.717) is 0 Å². The van der Waals surface area contributed by atoms with Gasteiger partial charge in [-0.05, 0) is 6.42 Å². The predicted octanol–water partition coefficient (Wildman–Crippen LogP) is 4.04. The Kier molecular flexibility index (Phi) is 6.46. The summed E-state index contributed by atoms with van der Waals surface area (Å²) in [6.07, 6.45) is 7.41. The minimum absolute atomic E-state index is 0. The molecule has 1 heteroatoms. The number of hydrogen-bond acceptors (Lipinski definition) is 0. The van der Waals surface area contributed by atoms with Crippen molar-refractivity contribution in [3.63, 3.8) is 0 Å². The van der Waals surface area contributed by atoms with Gasteiger partial charge < -0.3 is 0 Å². The molecule has 0 fully saturated rings. The van der Waals surface area contributed by atoms with Crippen molar-refractivity contribution >= 4 is 0 Å². The third kappa shape index (κ3) is 5.08. The summed E-state index contributed by atoms with van der Waals surface area (Å²) in [5.74, 6) is 0. The van der Waals surface area contributed by atoms with Crippen LogP contribution < -0.4 is 0 Å². The first-order valence-electron chi connectivity index (χ1n) is 5.54. The Balaban J connectivity index is 0.00000144. The zero-order valence-electron chi connectivity index (χ0n) is 9.71. The van der Waals surface area contributed by atoms with Crippen LogP contribution >= 0.6 is 0 Å². The maximum absolute atomic E-state index is 2.18. The summed E-state index contributed by atoms with van der Waals surface area (Å²) in [6, 6.07) is 20.8. The van der Waals surface area contributed by atoms with Gasteiger partial charge in [0, 0.05) is 21.7 Å². The largest absolute Gasteiger partial charge is 0.150 e. The maximum Gasteiger partial charge on any atom is 0 e. The van der Waals surface area contributed by atoms with E-state index >= 15 is 0 Å². The first-order valence-corrected chi connectivity index (χ1v) is 5.54. The van der Waals surface area contributed by atoms with Gasteiger partial charge in [0.15, 0.2) is 0 Å². The SMILES string of the molecule is C(=C\Cc1ccccc1)/[CH-]c1ccccc1.[Ti]. The Bertz CT molecular complexity index is 388. The zero-order valence-corrected chi connectivity index (χ0v) is 11.3. The van der Waals surface area contributed by atoms with Gasteiger partial charge in [-0.2, -0.15) is 6.08 Å². The molecule has 0 aliphatic rings. The molecule has 0 amide bonds. The quantitative estimate of drug-likeness (QED) is 0.571. The molecule has 2 aromatic rings. The summed E-state index contributed by atoms with van der Waals surface area (Å²) in [6.45, 7) is 0. The molecule has 0 heterocycles. The molecule has 84 valence electrons. The van der Waals surface area contributed by atoms with Crippen LogP contribution in [0.3, 0.4) is 0 Å². The minimum Gasteiger partial charge on any atom is -0.150 e. The molecule has 0 radical (unpaired) electrons. The third-order valence-electron chi connectivity index (χ3n) is 2.42. The van der Waals surface area contributed by atoms with Crippen molar-refractivity contribution in [2.24, 2.45) is 0 Å². The van der Waals surface area contributed by atoms with Gasteiger partial charge in [-0.25, -0.2) is 0 Å². The van der Waals surface area contributed by atoms with Crippen LogP contribution in [0.15, 0.2) is 72.8 Å². The second-order valence-electron chi connectivity index (χ2n) is 3.70. The number of rotatable bonds is 4. The van der Waals surface area contributed by atoms with E-state index in [-0.39, 0.29) is 21.7 Å². The predicted molar refractivity (Wildman–Crippen MR) is 69.1 cm³/mol. The van der Waals surface area contributed by atoms with Gasteiger partial charge in [-0.1, -0.05) is 42.0 Å². The van der Waals surface area contributed by atoms with E-state index in [4.69, 9.17) is 0 Å². The van der Waals surface area contributed by atoms with Crippen LogP contribution in [0.5, 0.6) is 0 Å². The molecule has 0 bridgehead atoms. The van der Waals surface area contributed by atoms with E-state index < -0.39 is 0 Å². The Morgan fingerprint density at radius 3 is 2.06 bits per heavy atom. The zero-order chi connectivity index (χ0) is 11.1. The van der Waals surface area contributed by atoms with Gasteiger partial charge in [-0.3, -0.25) is 0 Å². The van der Waals surface area contributed by atoms with Gasteiger partial charge in [-0.15, -0.1) is 42.3 Å². The van der Waals surface area contributed by atoms with Crippen LogP contribution in [-0.4, -0.2) is 0 Å². The first kappa shape index (κ1) is 13.8. The van der Waals surface area contributed by atoms with Crippen LogP contribution in [0.25, 0.3) is 0 Å². The van der Waals surface area contributed by atoms with Crippen molar-refractivity contribution in [2.75, 3.05) is 0 Å². The van der Waals surface area contributed by atoms with Gasteiger partial charge in [0.05, 0.1) is 0 Å². The molecular weight excluding hydrogens is 240 g/mol. The van der Waals surface area contributed by atoms with E-state index in [1.54, 1.807) is 0 Å². The smallest absolute Gasteiger partial charge is 0 e. The molecule has 0 saturated carbocycles. The Hall–Kier alpha value is -1.24. The van der Waals surface area contributed by atoms with Crippen LogP contribution in [0, 0.1) is 6.42 Å². The molecule has 2 rings (SSSR count). The monoisotopic (exact) mass is 255 g/mol. The van der Waals surface area contributed by atoms with Crippen molar-refractivity contribution < 1.29 is 21.7 Å². The van der Waals surface area contributed by atoms with Crippen LogP contribution in [-0.2, 0) is 28.1 Å². The fourth-order valence-electron chi connectivity index (χ4n) is 1.56. The maximum atomic E-state index is 2.18. The summed E-state index contributed by atoms with van der Waals surface area (Å²) in [7, 11) is 0. The normalized spacial score (nSPS) is 9.88. The van der Waals surface area contributed by atoms with Crippen molar-refractivity contribution in [1.82, 2.24) is 0 Å². The average Bonchev–Trinajstić information content (AvgIpc) is 2.37. The fraction of sp³-hybridized carbons (Fsp3) is 0.0625. The first-order chi connectivity index (χ1) is 7.95. The molecule has 0 spiro atoms. The number of allylic oxidation sites excluding steroid dienone is 2. The second-order valence-corrected chi connectivity index (χ2v) is 3.70. The molecule has 17 heavy (non-hydrogen) atoms. The van der Waals surface area contributed by atoms with Crippen LogP contribution in [0.1, 0.15) is 11.1 Å². The van der Waals surface area contributed by atoms with Gasteiger partial charge in [0.2, 0.25) is 0 Å². The number of benzene rings is 2. The van der Waals surface area contributed by atoms with Crippen molar-refractivity contribution in [3.05, 3.63) is 90.4 Å². The van der Waals surface area contributed by atoms with E-state index in [9.17, 15) is 0 Å². The number of hydrogen-bond donors (Lipinski definition) is 0. The van der Waals surface area contributed by atoms with Crippen LogP contribution in [0.4, 0.5) is 0 Å². The second kappa shape index (κ2) is 7.94. The third-order valence-corrected chi connectivity index (χ3v) is 2.42. The van der Waals surface area contributed by atoms with Crippen molar-refractivity contribution in [3.8, 4) is 0 Å². The van der Waals surface area contributed by atoms with Gasteiger partial charge in [0.1, 0.15) is 0 Å². The molecule has 0 unspecified atom stereocenters. The molecule has 0 aromatic heterocycles. The Morgan fingerprint density at radius 1 is 0.824 bits per heavy atom. The van der Waals surface area contributed by atoms with Gasteiger partial charge in [0.25, 0.3) is 0 Å². The molecule has 0 aliphatic carbocycles. The fourth-order valence-corrected chi connectivity index (χ4v) is 1.56. The van der Waals surface area contributed by atoms with Crippen molar-refractivity contribution in [1.29, 1.82) is 0 Å². The summed E-state index contributed by atoms with van der Waals surface area (Å²) in [4.78, 5) is 0. The van der Waals surface area contributed by atoms with E-state index in [1.165, 1.54) is 11.1 Å². The molecule has 0 saturated heterocycles. The molecule has 2 aromatic carbocycles. The average molecular weight is 255 g/mol. The molecule has 0 atom stereocenters. The summed E-state index contributed by atoms with van der Waals surface area (Å²) >= 11 is 0. The van der Waals surface area contributed by atoms with Gasteiger partial charge >= 0.3 is 0 Å². The van der Waals surface area contributed by atoms with Crippen LogP contribution in [0.2, 0.25) is 0 Å². The topological polar surface area (TPSA) is 0 Å². The van der Waals surface area contributed by atoms with Crippen molar-refractivity contribution in [2.45, 2.75) is 6.42 Å². The molecular formula is C16H15Ti-. The summed E-state index contributed by atoms with van der Waals surface area (Å²) in [5, 5.41) is 0. The Labute approximate surface area is 118 Å². The summed E-state index contributed by atoms with van der Waals surface area (Å²) in [5.41, 5.74) is 2.59. The standard InChI is InChI=1S/C16H15.Ti/c1-3-9-15(10-4-1)13-7-8-14-16-11-5-2-6-12-16;/h1-13H,14H2;/q-1;/b8-7+;. The molecule has 0 N–H and O–H groups in total. The molecule has 0 aliphatic heterocycles. The van der Waals surface area contributed by atoms with E-state index in [1.807, 2.05) is 12.1 Å². The van der Waals surface area contributed by atoms with E-state index in [0.717, 1.165) is 6.42 Å². The molecule has 0 nitrogen and oxygen atoms in total. The minimum atomic E-state index is 0.